The van der Waals surface area contributed by atoms with Gasteiger partial charge in [0.15, 0.2) is 0 Å². The molecule has 2 aliphatic heterocycles. The number of carbonyl (C=O) groups is 3. The van der Waals surface area contributed by atoms with Gasteiger partial charge in [-0.25, -0.2) is 9.37 Å². The molecule has 42 heavy (non-hydrogen) atoms. The molecule has 222 valence electrons. The highest BCUT2D eigenvalue weighted by molar-refractivity contribution is 7.13. The van der Waals surface area contributed by atoms with Gasteiger partial charge in [-0.05, 0) is 53.1 Å². The number of aliphatic hydroxyl groups is 1. The van der Waals surface area contributed by atoms with E-state index in [-0.39, 0.29) is 49.4 Å². The van der Waals surface area contributed by atoms with E-state index < -0.39 is 35.8 Å². The van der Waals surface area contributed by atoms with E-state index in [0.29, 0.717) is 5.56 Å². The highest BCUT2D eigenvalue weighted by Gasteiger charge is 2.46. The van der Waals surface area contributed by atoms with E-state index in [1.54, 1.807) is 23.5 Å². The van der Waals surface area contributed by atoms with E-state index in [1.165, 1.54) is 15.9 Å². The summed E-state index contributed by atoms with van der Waals surface area (Å²) in [5.74, 6) is -2.00. The number of aliphatic hydroxyl groups excluding tert-OH is 1. The highest BCUT2D eigenvalue weighted by atomic mass is 32.1. The number of rotatable bonds is 8. The zero-order valence-electron chi connectivity index (χ0n) is 24.6. The number of likely N-dealkylation sites (tertiary alicyclic amines) is 1. The van der Waals surface area contributed by atoms with E-state index in [2.05, 4.69) is 30.2 Å². The maximum absolute atomic E-state index is 14.5. The number of thiazole rings is 1. The average molecular weight is 593 g/mol. The molecule has 1 saturated heterocycles. The number of halogens is 1. The number of nitrogens with one attached hydrogen (secondary N) is 1. The second-order valence-corrected chi connectivity index (χ2v) is 12.7. The SMILES string of the molecule is Cc1ncsc1-c1ccc(CNC(=O)C2CC(O)CN2C(=O)C(C(C)C)N2Cc3cccc(F)c3C2=O)c(C(C)C)c1. The molecule has 0 saturated carbocycles. The van der Waals surface area contributed by atoms with Crippen LogP contribution in [0.5, 0.6) is 0 Å². The second kappa shape index (κ2) is 11.9. The van der Waals surface area contributed by atoms with Crippen LogP contribution in [0, 0.1) is 18.7 Å². The highest BCUT2D eigenvalue weighted by Crippen LogP contribution is 2.33. The molecule has 0 spiro atoms. The third kappa shape index (κ3) is 5.57. The van der Waals surface area contributed by atoms with Gasteiger partial charge in [0.05, 0.1) is 27.7 Å². The largest absolute Gasteiger partial charge is 0.391 e. The maximum atomic E-state index is 14.5. The number of hydrogen-bond acceptors (Lipinski definition) is 6. The van der Waals surface area contributed by atoms with Crippen molar-refractivity contribution in [2.45, 2.75) is 78.2 Å². The first kappa shape index (κ1) is 29.8. The van der Waals surface area contributed by atoms with Gasteiger partial charge in [0.2, 0.25) is 11.8 Å². The first-order valence-corrected chi connectivity index (χ1v) is 15.2. The summed E-state index contributed by atoms with van der Waals surface area (Å²) in [6, 6.07) is 8.88. The molecule has 2 aliphatic rings. The van der Waals surface area contributed by atoms with Crippen molar-refractivity contribution in [1.29, 1.82) is 0 Å². The first-order valence-electron chi connectivity index (χ1n) is 14.4. The topological polar surface area (TPSA) is 103 Å². The minimum absolute atomic E-state index is 0.0100. The van der Waals surface area contributed by atoms with Crippen molar-refractivity contribution in [3.05, 3.63) is 75.7 Å². The Kier molecular flexibility index (Phi) is 8.48. The lowest BCUT2D eigenvalue weighted by Gasteiger charge is -2.35. The number of benzene rings is 2. The van der Waals surface area contributed by atoms with Crippen LogP contribution in [0.25, 0.3) is 10.4 Å². The van der Waals surface area contributed by atoms with Crippen LogP contribution in [-0.4, -0.2) is 62.3 Å². The predicted octanol–water partition coefficient (Wildman–Crippen LogP) is 4.64. The molecule has 8 nitrogen and oxygen atoms in total. The number of nitrogens with zero attached hydrogens (tertiary/aromatic N) is 3. The van der Waals surface area contributed by atoms with Crippen molar-refractivity contribution in [3.63, 3.8) is 0 Å². The Bertz CT molecular complexity index is 1520. The Hall–Kier alpha value is -3.63. The molecule has 1 fully saturated rings. The summed E-state index contributed by atoms with van der Waals surface area (Å²) >= 11 is 1.59. The quantitative estimate of drug-likeness (QED) is 0.397. The summed E-state index contributed by atoms with van der Waals surface area (Å²) < 4.78 is 14.5. The molecule has 3 atom stereocenters. The number of hydrogen-bond donors (Lipinski definition) is 2. The van der Waals surface area contributed by atoms with Crippen LogP contribution < -0.4 is 5.32 Å². The maximum Gasteiger partial charge on any atom is 0.258 e. The van der Waals surface area contributed by atoms with Gasteiger partial charge in [-0.15, -0.1) is 11.3 Å². The molecule has 3 aromatic rings. The fourth-order valence-corrected chi connectivity index (χ4v) is 6.93. The molecule has 0 aliphatic carbocycles. The zero-order valence-corrected chi connectivity index (χ0v) is 25.4. The Labute approximate surface area is 249 Å². The number of β-amino-alcohol motifs (C(OH)–C–C–N with tert-alkyl or cyclic N) is 1. The lowest BCUT2D eigenvalue weighted by molar-refractivity contribution is -0.143. The molecule has 5 rings (SSSR count). The third-order valence-corrected chi connectivity index (χ3v) is 9.21. The minimum Gasteiger partial charge on any atom is -0.391 e. The smallest absolute Gasteiger partial charge is 0.258 e. The lowest BCUT2D eigenvalue weighted by atomic mass is 9.94. The molecule has 2 N–H and O–H groups in total. The molecule has 2 aromatic carbocycles. The lowest BCUT2D eigenvalue weighted by Crippen LogP contribution is -2.55. The number of aromatic nitrogens is 1. The van der Waals surface area contributed by atoms with Crippen molar-refractivity contribution in [3.8, 4) is 10.4 Å². The van der Waals surface area contributed by atoms with Gasteiger partial charge >= 0.3 is 0 Å². The monoisotopic (exact) mass is 592 g/mol. The van der Waals surface area contributed by atoms with Crippen LogP contribution in [-0.2, 0) is 22.7 Å². The molecule has 3 amide bonds. The van der Waals surface area contributed by atoms with E-state index in [9.17, 15) is 23.9 Å². The molecular weight excluding hydrogens is 555 g/mol. The van der Waals surface area contributed by atoms with Crippen molar-refractivity contribution in [2.75, 3.05) is 6.54 Å². The summed E-state index contributed by atoms with van der Waals surface area (Å²) in [6.07, 6.45) is -0.763. The van der Waals surface area contributed by atoms with Crippen molar-refractivity contribution in [1.82, 2.24) is 20.1 Å². The van der Waals surface area contributed by atoms with E-state index in [1.807, 2.05) is 38.4 Å². The van der Waals surface area contributed by atoms with Crippen molar-refractivity contribution in [2.24, 2.45) is 5.92 Å². The van der Waals surface area contributed by atoms with Gasteiger partial charge in [0.25, 0.3) is 5.91 Å². The van der Waals surface area contributed by atoms with Gasteiger partial charge in [-0.1, -0.05) is 52.0 Å². The van der Waals surface area contributed by atoms with E-state index in [4.69, 9.17) is 0 Å². The zero-order chi connectivity index (χ0) is 30.3. The summed E-state index contributed by atoms with van der Waals surface area (Å²) in [5, 5.41) is 13.5. The van der Waals surface area contributed by atoms with Crippen molar-refractivity contribution >= 4 is 29.1 Å². The van der Waals surface area contributed by atoms with Gasteiger partial charge in [0, 0.05) is 26.1 Å². The number of fused-ring (bicyclic) bond motifs is 1. The molecule has 1 aromatic heterocycles. The Morgan fingerprint density at radius 3 is 2.60 bits per heavy atom. The van der Waals surface area contributed by atoms with Crippen LogP contribution in [0.3, 0.4) is 0 Å². The molecule has 10 heteroatoms. The summed E-state index contributed by atoms with van der Waals surface area (Å²) in [4.78, 5) is 48.9. The minimum atomic E-state index is -0.903. The van der Waals surface area contributed by atoms with Gasteiger partial charge in [-0.3, -0.25) is 14.4 Å². The Morgan fingerprint density at radius 2 is 1.95 bits per heavy atom. The summed E-state index contributed by atoms with van der Waals surface area (Å²) in [7, 11) is 0. The van der Waals surface area contributed by atoms with Crippen LogP contribution in [0.4, 0.5) is 4.39 Å². The standard InChI is InChI=1S/C32H37FN4O4S/c1-17(2)24-11-20(29-19(5)35-16-42-29)9-10-21(24)13-34-30(39)26-12-23(38)15-36(26)32(41)28(18(3)4)37-14-22-7-6-8-25(33)27(22)31(37)40/h6-11,16-18,23,26,28,38H,12-15H2,1-5H3,(H,34,39). The fraction of sp³-hybridized carbons (Fsp3) is 0.438. The molecular formula is C32H37FN4O4S. The van der Waals surface area contributed by atoms with Crippen LogP contribution >= 0.6 is 11.3 Å². The summed E-state index contributed by atoms with van der Waals surface area (Å²) in [5.41, 5.74) is 6.50. The van der Waals surface area contributed by atoms with E-state index >= 15 is 0 Å². The number of aryl methyl sites for hydroxylation is 1. The average Bonchev–Trinajstić information content (AvgIpc) is 3.64. The number of amides is 3. The second-order valence-electron chi connectivity index (χ2n) is 11.8. The van der Waals surface area contributed by atoms with Crippen LogP contribution in [0.15, 0.2) is 41.9 Å². The van der Waals surface area contributed by atoms with E-state index in [0.717, 1.165) is 27.3 Å². The summed E-state index contributed by atoms with van der Waals surface area (Å²) in [6.45, 7) is 10.2. The molecule has 0 bridgehead atoms. The molecule has 3 unspecified atom stereocenters. The Balaban J connectivity index is 1.33. The first-order chi connectivity index (χ1) is 20.0. The normalized spacial score (nSPS) is 19.1. The van der Waals surface area contributed by atoms with Gasteiger partial charge < -0.3 is 20.2 Å². The van der Waals surface area contributed by atoms with Crippen LogP contribution in [0.1, 0.15) is 72.8 Å². The van der Waals surface area contributed by atoms with Gasteiger partial charge in [0.1, 0.15) is 17.9 Å². The van der Waals surface area contributed by atoms with Crippen molar-refractivity contribution < 1.29 is 23.9 Å². The number of carbonyl (C=O) groups excluding carboxylic acids is 3. The van der Waals surface area contributed by atoms with Crippen LogP contribution in [0.2, 0.25) is 0 Å². The molecule has 0 radical (unpaired) electrons. The third-order valence-electron chi connectivity index (χ3n) is 8.23. The fourth-order valence-electron chi connectivity index (χ4n) is 6.13. The molecule has 3 heterocycles. The van der Waals surface area contributed by atoms with Gasteiger partial charge in [-0.2, -0.15) is 0 Å². The Morgan fingerprint density at radius 1 is 1.19 bits per heavy atom. The predicted molar refractivity (Wildman–Crippen MR) is 159 cm³/mol.